The first-order valence-corrected chi connectivity index (χ1v) is 10.1. The highest BCUT2D eigenvalue weighted by atomic mass is 19.1. The van der Waals surface area contributed by atoms with Crippen molar-refractivity contribution >= 4 is 22.4 Å². The second kappa shape index (κ2) is 8.93. The van der Waals surface area contributed by atoms with Gasteiger partial charge in [-0.1, -0.05) is 48.0 Å². The number of hydrogen-bond donors (Lipinski definition) is 1. The van der Waals surface area contributed by atoms with E-state index in [1.54, 1.807) is 43.3 Å². The fraction of sp³-hybridized carbons (Fsp3) is 0.120. The molecule has 1 amide bonds. The normalized spacial score (nSPS) is 11.5. The lowest BCUT2D eigenvalue weighted by molar-refractivity contribution is -0.121. The molecule has 0 bridgehead atoms. The van der Waals surface area contributed by atoms with E-state index in [1.807, 2.05) is 31.2 Å². The lowest BCUT2D eigenvalue weighted by Crippen LogP contribution is -2.32. The molecule has 0 unspecified atom stereocenters. The number of hydrogen-bond acceptors (Lipinski definition) is 4. The number of carbonyl (C=O) groups is 1. The molecule has 1 N–H and O–H groups in total. The predicted octanol–water partition coefficient (Wildman–Crippen LogP) is 4.05. The Morgan fingerprint density at radius 1 is 1.00 bits per heavy atom. The topological polar surface area (TPSA) is 76.3 Å². The first kappa shape index (κ1) is 21.1. The van der Waals surface area contributed by atoms with Crippen molar-refractivity contribution in [3.05, 3.63) is 100 Å². The van der Waals surface area contributed by atoms with Gasteiger partial charge in [0.05, 0.1) is 16.8 Å². The van der Waals surface area contributed by atoms with Gasteiger partial charge in [0.15, 0.2) is 0 Å². The van der Waals surface area contributed by atoms with Crippen LogP contribution in [-0.2, 0) is 11.3 Å². The smallest absolute Gasteiger partial charge is 0.271 e. The summed E-state index contributed by atoms with van der Waals surface area (Å²) in [5.74, 6) is -0.848. The van der Waals surface area contributed by atoms with Gasteiger partial charge in [-0.2, -0.15) is 10.2 Å². The van der Waals surface area contributed by atoms with E-state index in [-0.39, 0.29) is 17.9 Å². The summed E-state index contributed by atoms with van der Waals surface area (Å²) in [6.45, 7) is 3.48. The Kier molecular flexibility index (Phi) is 5.89. The van der Waals surface area contributed by atoms with Crippen molar-refractivity contribution in [2.24, 2.45) is 5.10 Å². The quantitative estimate of drug-likeness (QED) is 0.385. The highest BCUT2D eigenvalue weighted by Crippen LogP contribution is 2.24. The number of nitrogens with one attached hydrogen (secondary N) is 1. The van der Waals surface area contributed by atoms with Gasteiger partial charge in [0.1, 0.15) is 12.4 Å². The molecule has 0 spiro atoms. The van der Waals surface area contributed by atoms with Crippen LogP contribution in [0.25, 0.3) is 22.0 Å². The number of benzene rings is 3. The molecule has 0 fully saturated rings. The van der Waals surface area contributed by atoms with Crippen LogP contribution in [0.2, 0.25) is 0 Å². The third-order valence-electron chi connectivity index (χ3n) is 5.10. The molecular formula is C25H21FN4O2. The zero-order valence-electron chi connectivity index (χ0n) is 17.7. The maximum Gasteiger partial charge on any atom is 0.275 e. The van der Waals surface area contributed by atoms with Gasteiger partial charge in [-0.15, -0.1) is 0 Å². The van der Waals surface area contributed by atoms with Gasteiger partial charge in [0.25, 0.3) is 11.5 Å². The molecule has 0 radical (unpaired) electrons. The van der Waals surface area contributed by atoms with Crippen LogP contribution >= 0.6 is 0 Å². The Hall–Kier alpha value is -4.13. The number of nitrogens with zero attached hydrogens (tertiary/aromatic N) is 3. The Morgan fingerprint density at radius 2 is 1.66 bits per heavy atom. The van der Waals surface area contributed by atoms with Crippen molar-refractivity contribution in [3.63, 3.8) is 0 Å². The Bertz CT molecular complexity index is 1370. The largest absolute Gasteiger partial charge is 0.275 e. The van der Waals surface area contributed by atoms with Crippen LogP contribution in [0.3, 0.4) is 0 Å². The Labute approximate surface area is 184 Å². The third kappa shape index (κ3) is 4.46. The number of aromatic nitrogens is 2. The van der Waals surface area contributed by atoms with Crippen LogP contribution in [0.15, 0.2) is 82.7 Å². The van der Waals surface area contributed by atoms with Crippen LogP contribution in [0.5, 0.6) is 0 Å². The van der Waals surface area contributed by atoms with Crippen LogP contribution < -0.4 is 11.0 Å². The van der Waals surface area contributed by atoms with Gasteiger partial charge >= 0.3 is 0 Å². The molecule has 4 aromatic rings. The molecule has 0 saturated carbocycles. The van der Waals surface area contributed by atoms with Crippen LogP contribution in [0.1, 0.15) is 18.1 Å². The molecule has 0 atom stereocenters. The van der Waals surface area contributed by atoms with Crippen molar-refractivity contribution < 1.29 is 9.18 Å². The minimum atomic E-state index is -0.480. The summed E-state index contributed by atoms with van der Waals surface area (Å²) < 4.78 is 14.5. The molecule has 1 aromatic heterocycles. The van der Waals surface area contributed by atoms with E-state index in [2.05, 4.69) is 15.6 Å². The number of carbonyl (C=O) groups excluding carboxylic acids is 1. The molecule has 0 aliphatic heterocycles. The summed E-state index contributed by atoms with van der Waals surface area (Å²) in [5, 5.41) is 9.60. The van der Waals surface area contributed by atoms with Crippen molar-refractivity contribution in [2.45, 2.75) is 20.4 Å². The summed E-state index contributed by atoms with van der Waals surface area (Å²) in [6.07, 6.45) is 0. The molecule has 1 heterocycles. The van der Waals surface area contributed by atoms with Crippen LogP contribution in [0.4, 0.5) is 4.39 Å². The van der Waals surface area contributed by atoms with E-state index in [1.165, 1.54) is 12.1 Å². The zero-order chi connectivity index (χ0) is 22.7. The molecular weight excluding hydrogens is 407 g/mol. The maximum atomic E-state index is 13.4. The highest BCUT2D eigenvalue weighted by molar-refractivity contribution is 5.99. The molecule has 0 aliphatic rings. The number of halogens is 1. The molecule has 0 aliphatic carbocycles. The minimum absolute atomic E-state index is 0.303. The monoisotopic (exact) mass is 428 g/mol. The fourth-order valence-electron chi connectivity index (χ4n) is 3.34. The van der Waals surface area contributed by atoms with Crippen LogP contribution in [0, 0.1) is 12.7 Å². The molecule has 7 heteroatoms. The second-order valence-corrected chi connectivity index (χ2v) is 7.46. The summed E-state index contributed by atoms with van der Waals surface area (Å²) in [6, 6.07) is 20.6. The van der Waals surface area contributed by atoms with E-state index < -0.39 is 5.91 Å². The lowest BCUT2D eigenvalue weighted by atomic mass is 10.1. The van der Waals surface area contributed by atoms with E-state index in [4.69, 9.17) is 0 Å². The maximum absolute atomic E-state index is 13.4. The van der Waals surface area contributed by atoms with Gasteiger partial charge in [-0.3, -0.25) is 9.59 Å². The Balaban J connectivity index is 1.64. The summed E-state index contributed by atoms with van der Waals surface area (Å²) in [7, 11) is 0. The van der Waals surface area contributed by atoms with E-state index >= 15 is 0 Å². The standard InChI is InChI=1S/C25H21FN4O2/c1-16-7-9-18(10-8-16)17(2)27-28-23(31)15-30-25(32)22-6-4-3-5-21(22)24(29-30)19-11-13-20(26)14-12-19/h3-14H,15H2,1-2H3,(H,28,31)/b27-17+. The van der Waals surface area contributed by atoms with Crippen molar-refractivity contribution in [2.75, 3.05) is 0 Å². The zero-order valence-corrected chi connectivity index (χ0v) is 17.7. The van der Waals surface area contributed by atoms with E-state index in [0.29, 0.717) is 27.7 Å². The number of aryl methyl sites for hydroxylation is 1. The van der Waals surface area contributed by atoms with Crippen LogP contribution in [-0.4, -0.2) is 21.4 Å². The highest BCUT2D eigenvalue weighted by Gasteiger charge is 2.14. The predicted molar refractivity (Wildman–Crippen MR) is 123 cm³/mol. The molecule has 4 rings (SSSR count). The van der Waals surface area contributed by atoms with Crippen molar-refractivity contribution in [3.8, 4) is 11.3 Å². The van der Waals surface area contributed by atoms with Gasteiger partial charge in [-0.25, -0.2) is 14.5 Å². The van der Waals surface area contributed by atoms with Gasteiger partial charge in [0, 0.05) is 10.9 Å². The summed E-state index contributed by atoms with van der Waals surface area (Å²) in [4.78, 5) is 25.4. The molecule has 6 nitrogen and oxygen atoms in total. The van der Waals surface area contributed by atoms with E-state index in [0.717, 1.165) is 15.8 Å². The Morgan fingerprint density at radius 3 is 2.34 bits per heavy atom. The third-order valence-corrected chi connectivity index (χ3v) is 5.10. The van der Waals surface area contributed by atoms with Gasteiger partial charge in [0.2, 0.25) is 0 Å². The number of hydrazone groups is 1. The molecule has 0 saturated heterocycles. The molecule has 3 aromatic carbocycles. The first-order valence-electron chi connectivity index (χ1n) is 10.1. The number of amides is 1. The van der Waals surface area contributed by atoms with Gasteiger partial charge < -0.3 is 0 Å². The second-order valence-electron chi connectivity index (χ2n) is 7.46. The SMILES string of the molecule is C/C(=N\NC(=O)Cn1nc(-c2ccc(F)cc2)c2ccccc2c1=O)c1ccc(C)cc1. The summed E-state index contributed by atoms with van der Waals surface area (Å²) >= 11 is 0. The average Bonchev–Trinajstić information content (AvgIpc) is 2.80. The lowest BCUT2D eigenvalue weighted by Gasteiger charge is -2.11. The fourth-order valence-corrected chi connectivity index (χ4v) is 3.34. The molecule has 160 valence electrons. The number of rotatable bonds is 5. The van der Waals surface area contributed by atoms with Gasteiger partial charge in [-0.05, 0) is 49.7 Å². The van der Waals surface area contributed by atoms with E-state index in [9.17, 15) is 14.0 Å². The average molecular weight is 428 g/mol. The molecule has 32 heavy (non-hydrogen) atoms. The first-order chi connectivity index (χ1) is 15.4. The van der Waals surface area contributed by atoms with Crippen molar-refractivity contribution in [1.29, 1.82) is 0 Å². The number of fused-ring (bicyclic) bond motifs is 1. The summed E-state index contributed by atoms with van der Waals surface area (Å²) in [5.41, 5.74) is 5.89. The minimum Gasteiger partial charge on any atom is -0.271 e. The van der Waals surface area contributed by atoms with Crippen molar-refractivity contribution in [1.82, 2.24) is 15.2 Å².